The van der Waals surface area contributed by atoms with Crippen LogP contribution in [0.3, 0.4) is 0 Å². The van der Waals surface area contributed by atoms with Gasteiger partial charge in [-0.2, -0.15) is 26.6 Å². The molecule has 0 amide bonds. The molecule has 1 atom stereocenters. The maximum atomic E-state index is 12.9. The number of hydrogen-bond acceptors (Lipinski definition) is 7. The van der Waals surface area contributed by atoms with Gasteiger partial charge in [0.2, 0.25) is 11.8 Å². The molecule has 0 unspecified atom stereocenters. The van der Waals surface area contributed by atoms with E-state index in [1.165, 1.54) is 7.11 Å². The summed E-state index contributed by atoms with van der Waals surface area (Å²) in [5.74, 6) is -0.508. The van der Waals surface area contributed by atoms with Crippen LogP contribution in [0.2, 0.25) is 0 Å². The number of aryl methyl sites for hydroxylation is 1. The number of halogens is 3. The SMILES string of the molecule is CCc1c(COC)nc(N2CCC[C@H]2c2ccc(C)cc2)nc1OS(=O)(=O)C(F)(F)F. The Morgan fingerprint density at radius 3 is 2.45 bits per heavy atom. The van der Waals surface area contributed by atoms with Crippen LogP contribution in [0.25, 0.3) is 0 Å². The molecule has 1 aromatic carbocycles. The van der Waals surface area contributed by atoms with E-state index in [1.807, 2.05) is 36.1 Å². The summed E-state index contributed by atoms with van der Waals surface area (Å²) in [5, 5.41) is 0. The van der Waals surface area contributed by atoms with E-state index in [0.29, 0.717) is 6.54 Å². The monoisotopic (exact) mass is 459 g/mol. The van der Waals surface area contributed by atoms with Gasteiger partial charge in [-0.3, -0.25) is 0 Å². The van der Waals surface area contributed by atoms with Gasteiger partial charge in [-0.1, -0.05) is 36.8 Å². The predicted molar refractivity (Wildman–Crippen MR) is 108 cm³/mol. The smallest absolute Gasteiger partial charge is 0.378 e. The van der Waals surface area contributed by atoms with E-state index >= 15 is 0 Å². The molecule has 1 fully saturated rings. The number of benzene rings is 1. The van der Waals surface area contributed by atoms with Gasteiger partial charge in [0.25, 0.3) is 0 Å². The van der Waals surface area contributed by atoms with Gasteiger partial charge < -0.3 is 13.8 Å². The summed E-state index contributed by atoms with van der Waals surface area (Å²) in [6, 6.07) is 7.85. The highest BCUT2D eigenvalue weighted by molar-refractivity contribution is 7.87. The number of methoxy groups -OCH3 is 1. The third-order valence-electron chi connectivity index (χ3n) is 5.12. The second kappa shape index (κ2) is 8.99. The first-order chi connectivity index (χ1) is 14.6. The minimum Gasteiger partial charge on any atom is -0.378 e. The summed E-state index contributed by atoms with van der Waals surface area (Å²) in [5.41, 5.74) is -3.00. The van der Waals surface area contributed by atoms with Crippen molar-refractivity contribution >= 4 is 16.1 Å². The van der Waals surface area contributed by atoms with Crippen LogP contribution in [0.4, 0.5) is 19.1 Å². The van der Waals surface area contributed by atoms with E-state index in [0.717, 1.165) is 24.0 Å². The Balaban J connectivity index is 2.07. The average Bonchev–Trinajstić information content (AvgIpc) is 3.17. The summed E-state index contributed by atoms with van der Waals surface area (Å²) in [6.45, 7) is 4.17. The van der Waals surface area contributed by atoms with E-state index in [2.05, 4.69) is 14.2 Å². The van der Waals surface area contributed by atoms with E-state index < -0.39 is 21.5 Å². The number of aromatic nitrogens is 2. The summed E-state index contributed by atoms with van der Waals surface area (Å²) in [4.78, 5) is 10.5. The summed E-state index contributed by atoms with van der Waals surface area (Å²) >= 11 is 0. The Morgan fingerprint density at radius 2 is 1.87 bits per heavy atom. The quantitative estimate of drug-likeness (QED) is 0.456. The average molecular weight is 459 g/mol. The second-order valence-corrected chi connectivity index (χ2v) is 8.82. The fourth-order valence-corrected chi connectivity index (χ4v) is 4.04. The number of ether oxygens (including phenoxy) is 1. The van der Waals surface area contributed by atoms with Gasteiger partial charge in [0.1, 0.15) is 0 Å². The fraction of sp³-hybridized carbons (Fsp3) is 0.500. The Kier molecular flexibility index (Phi) is 6.75. The number of rotatable bonds is 7. The zero-order chi connectivity index (χ0) is 22.8. The first-order valence-electron chi connectivity index (χ1n) is 9.80. The first-order valence-corrected chi connectivity index (χ1v) is 11.2. The summed E-state index contributed by atoms with van der Waals surface area (Å²) in [7, 11) is -4.46. The molecular formula is C20H24F3N3O4S. The molecule has 1 aliphatic heterocycles. The highest BCUT2D eigenvalue weighted by atomic mass is 32.2. The largest absolute Gasteiger partial charge is 0.534 e. The molecule has 31 heavy (non-hydrogen) atoms. The van der Waals surface area contributed by atoms with Crippen molar-refractivity contribution in [1.29, 1.82) is 0 Å². The number of anilines is 1. The molecule has 1 aromatic heterocycles. The molecule has 0 radical (unpaired) electrons. The van der Waals surface area contributed by atoms with Crippen LogP contribution in [-0.4, -0.2) is 37.5 Å². The van der Waals surface area contributed by atoms with Crippen LogP contribution in [0.1, 0.15) is 48.2 Å². The van der Waals surface area contributed by atoms with Gasteiger partial charge in [-0.05, 0) is 31.7 Å². The van der Waals surface area contributed by atoms with Crippen molar-refractivity contribution in [1.82, 2.24) is 9.97 Å². The molecule has 11 heteroatoms. The molecule has 2 aromatic rings. The first kappa shape index (κ1) is 23.3. The zero-order valence-electron chi connectivity index (χ0n) is 17.4. The molecule has 2 heterocycles. The molecule has 1 aliphatic rings. The van der Waals surface area contributed by atoms with Crippen LogP contribution in [0.5, 0.6) is 5.88 Å². The van der Waals surface area contributed by atoms with Crippen molar-refractivity contribution in [2.45, 2.75) is 51.3 Å². The lowest BCUT2D eigenvalue weighted by molar-refractivity contribution is -0.0501. The molecule has 1 saturated heterocycles. The number of alkyl halides is 3. The van der Waals surface area contributed by atoms with Gasteiger partial charge >= 0.3 is 15.6 Å². The van der Waals surface area contributed by atoms with Crippen molar-refractivity contribution in [2.75, 3.05) is 18.6 Å². The molecule has 3 rings (SSSR count). The molecule has 0 bridgehead atoms. The Bertz CT molecular complexity index is 1030. The lowest BCUT2D eigenvalue weighted by Gasteiger charge is -2.26. The van der Waals surface area contributed by atoms with E-state index in [-0.39, 0.29) is 36.3 Å². The third kappa shape index (κ3) is 4.93. The molecule has 0 aliphatic carbocycles. The van der Waals surface area contributed by atoms with Gasteiger partial charge in [-0.25, -0.2) is 4.98 Å². The number of nitrogens with zero attached hydrogens (tertiary/aromatic N) is 3. The normalized spacial score (nSPS) is 17.2. The predicted octanol–water partition coefficient (Wildman–Crippen LogP) is 4.06. The fourth-order valence-electron chi connectivity index (χ4n) is 3.60. The number of hydrogen-bond donors (Lipinski definition) is 0. The Morgan fingerprint density at radius 1 is 1.19 bits per heavy atom. The summed E-state index contributed by atoms with van der Waals surface area (Å²) < 4.78 is 71.7. The topological polar surface area (TPSA) is 81.6 Å². The standard InChI is InChI=1S/C20H24F3N3O4S/c1-4-15-16(12-29-3)24-19(25-18(15)30-31(27,28)20(21,22)23)26-11-5-6-17(26)14-9-7-13(2)8-10-14/h7-10,17H,4-6,11-12H2,1-3H3/t17-/m0/s1. The van der Waals surface area contributed by atoms with Gasteiger partial charge in [0.15, 0.2) is 0 Å². The van der Waals surface area contributed by atoms with Crippen LogP contribution < -0.4 is 9.08 Å². The molecule has 0 spiro atoms. The lowest BCUT2D eigenvalue weighted by atomic mass is 10.0. The molecule has 170 valence electrons. The van der Waals surface area contributed by atoms with Crippen molar-refractivity contribution in [3.8, 4) is 5.88 Å². The minimum absolute atomic E-state index is 0.0237. The minimum atomic E-state index is -5.88. The Labute approximate surface area is 179 Å². The van der Waals surface area contributed by atoms with E-state index in [4.69, 9.17) is 4.74 Å². The van der Waals surface area contributed by atoms with E-state index in [9.17, 15) is 21.6 Å². The van der Waals surface area contributed by atoms with Crippen molar-refractivity contribution in [3.63, 3.8) is 0 Å². The van der Waals surface area contributed by atoms with Crippen LogP contribution in [-0.2, 0) is 27.9 Å². The molecule has 0 N–H and O–H groups in total. The van der Waals surface area contributed by atoms with Crippen LogP contribution >= 0.6 is 0 Å². The third-order valence-corrected chi connectivity index (χ3v) is 6.07. The Hall–Kier alpha value is -2.40. The molecule has 7 nitrogen and oxygen atoms in total. The van der Waals surface area contributed by atoms with Crippen molar-refractivity contribution in [2.24, 2.45) is 0 Å². The summed E-state index contributed by atoms with van der Waals surface area (Å²) in [6.07, 6.45) is 1.80. The molecular weight excluding hydrogens is 435 g/mol. The van der Waals surface area contributed by atoms with Crippen molar-refractivity contribution in [3.05, 3.63) is 46.6 Å². The van der Waals surface area contributed by atoms with Crippen molar-refractivity contribution < 1.29 is 30.5 Å². The zero-order valence-corrected chi connectivity index (χ0v) is 18.3. The van der Waals surface area contributed by atoms with Gasteiger partial charge in [0, 0.05) is 19.2 Å². The second-order valence-electron chi connectivity index (χ2n) is 7.29. The van der Waals surface area contributed by atoms with Crippen LogP contribution in [0, 0.1) is 6.92 Å². The molecule has 0 saturated carbocycles. The van der Waals surface area contributed by atoms with Gasteiger partial charge in [0.05, 0.1) is 18.3 Å². The van der Waals surface area contributed by atoms with Crippen LogP contribution in [0.15, 0.2) is 24.3 Å². The highest BCUT2D eigenvalue weighted by Crippen LogP contribution is 2.37. The highest BCUT2D eigenvalue weighted by Gasteiger charge is 2.49. The maximum absolute atomic E-state index is 12.9. The lowest BCUT2D eigenvalue weighted by Crippen LogP contribution is -2.30. The maximum Gasteiger partial charge on any atom is 0.534 e. The van der Waals surface area contributed by atoms with Gasteiger partial charge in [-0.15, -0.1) is 0 Å². The van der Waals surface area contributed by atoms with E-state index in [1.54, 1.807) is 6.92 Å².